The molecular formula is C40H42FN5O2. The maximum absolute atomic E-state index is 14.8. The normalized spacial score (nSPS) is 23.9. The van der Waals surface area contributed by atoms with Crippen LogP contribution < -0.4 is 11.1 Å². The number of benzene rings is 1. The Bertz CT molecular complexity index is 1820. The number of hydrogen-bond acceptors (Lipinski definition) is 6. The summed E-state index contributed by atoms with van der Waals surface area (Å²) in [6.07, 6.45) is 18.2. The highest BCUT2D eigenvalue weighted by atomic mass is 19.1. The number of piperidine rings is 1. The number of carbonyl (C=O) groups is 2. The second kappa shape index (κ2) is 14.5. The number of carbonyl (C=O) groups excluding carboxylic acids is 2. The molecule has 2 atom stereocenters. The van der Waals surface area contributed by atoms with Crippen LogP contribution in [0.5, 0.6) is 0 Å². The van der Waals surface area contributed by atoms with Gasteiger partial charge in [0, 0.05) is 66.3 Å². The van der Waals surface area contributed by atoms with Gasteiger partial charge in [-0.3, -0.25) is 14.6 Å². The molecule has 2 unspecified atom stereocenters. The Morgan fingerprint density at radius 2 is 1.94 bits per heavy atom. The van der Waals surface area contributed by atoms with Crippen molar-refractivity contribution in [3.05, 3.63) is 117 Å². The molecule has 7 nitrogen and oxygen atoms in total. The van der Waals surface area contributed by atoms with Crippen molar-refractivity contribution in [3.63, 3.8) is 0 Å². The number of anilines is 1. The van der Waals surface area contributed by atoms with Gasteiger partial charge >= 0.3 is 0 Å². The van der Waals surface area contributed by atoms with E-state index in [1.165, 1.54) is 6.92 Å². The number of nitrogens with one attached hydrogen (secondary N) is 1. The van der Waals surface area contributed by atoms with Gasteiger partial charge in [-0.15, -0.1) is 5.73 Å². The number of nitrogens with two attached hydrogens (primary N) is 1. The maximum Gasteiger partial charge on any atom is 0.254 e. The molecule has 3 N–H and O–H groups in total. The summed E-state index contributed by atoms with van der Waals surface area (Å²) < 4.78 is 14.8. The first-order valence-electron chi connectivity index (χ1n) is 17.0. The number of ketones is 1. The quantitative estimate of drug-likeness (QED) is 0.227. The van der Waals surface area contributed by atoms with Crippen molar-refractivity contribution in [1.82, 2.24) is 4.90 Å². The number of nitrogens with zero attached hydrogens (tertiary/aromatic N) is 3. The first kappa shape index (κ1) is 33.1. The maximum atomic E-state index is 14.8. The van der Waals surface area contributed by atoms with E-state index >= 15 is 0 Å². The van der Waals surface area contributed by atoms with Gasteiger partial charge in [0.15, 0.2) is 5.78 Å². The van der Waals surface area contributed by atoms with E-state index in [0.717, 1.165) is 57.7 Å². The molecule has 8 heteroatoms. The fourth-order valence-electron chi connectivity index (χ4n) is 6.97. The van der Waals surface area contributed by atoms with Crippen LogP contribution in [0.3, 0.4) is 0 Å². The van der Waals surface area contributed by atoms with E-state index in [-0.39, 0.29) is 29.6 Å². The van der Waals surface area contributed by atoms with Crippen molar-refractivity contribution < 1.29 is 14.0 Å². The summed E-state index contributed by atoms with van der Waals surface area (Å²) in [6, 6.07) is 8.22. The Hall–Kier alpha value is -4.83. The lowest BCUT2D eigenvalue weighted by molar-refractivity contribution is -0.120. The van der Waals surface area contributed by atoms with Crippen molar-refractivity contribution >= 4 is 23.1 Å². The molecule has 0 bridgehead atoms. The second-order valence-corrected chi connectivity index (χ2v) is 13.1. The van der Waals surface area contributed by atoms with Crippen molar-refractivity contribution in [3.8, 4) is 6.07 Å². The molecule has 1 saturated carbocycles. The molecule has 246 valence electrons. The molecule has 1 aromatic carbocycles. The lowest BCUT2D eigenvalue weighted by Gasteiger charge is -2.32. The van der Waals surface area contributed by atoms with Crippen molar-refractivity contribution in [2.45, 2.75) is 64.6 Å². The molecule has 48 heavy (non-hydrogen) atoms. The van der Waals surface area contributed by atoms with E-state index < -0.39 is 6.17 Å². The number of dihydropyridines is 1. The van der Waals surface area contributed by atoms with Crippen LogP contribution in [-0.4, -0.2) is 54.1 Å². The Morgan fingerprint density at radius 3 is 2.65 bits per heavy atom. The molecule has 3 aliphatic carbocycles. The minimum absolute atomic E-state index is 0.0123. The lowest BCUT2D eigenvalue weighted by atomic mass is 9.77. The van der Waals surface area contributed by atoms with E-state index in [1.807, 2.05) is 72.6 Å². The number of likely N-dealkylation sites (tertiary alicyclic amines) is 1. The zero-order valence-corrected chi connectivity index (χ0v) is 27.6. The summed E-state index contributed by atoms with van der Waals surface area (Å²) in [5, 5.41) is 12.9. The van der Waals surface area contributed by atoms with Crippen LogP contribution in [-0.2, 0) is 11.2 Å². The molecule has 1 amide bonds. The molecule has 1 aromatic rings. The van der Waals surface area contributed by atoms with Gasteiger partial charge in [-0.25, -0.2) is 4.39 Å². The number of alkyl halides is 1. The van der Waals surface area contributed by atoms with Gasteiger partial charge in [0.25, 0.3) is 5.91 Å². The molecule has 0 radical (unpaired) electrons. The van der Waals surface area contributed by atoms with Crippen LogP contribution in [0, 0.1) is 23.2 Å². The Kier molecular flexibility index (Phi) is 10.0. The lowest BCUT2D eigenvalue weighted by Crippen LogP contribution is -2.40. The van der Waals surface area contributed by atoms with Crippen molar-refractivity contribution in [2.24, 2.45) is 22.6 Å². The number of allylic oxidation sites excluding steroid dienone is 9. The van der Waals surface area contributed by atoms with Gasteiger partial charge in [-0.1, -0.05) is 36.8 Å². The number of amides is 1. The molecule has 2 fully saturated rings. The molecule has 1 saturated heterocycles. The predicted octanol–water partition coefficient (Wildman–Crippen LogP) is 6.80. The molecule has 5 aliphatic rings. The van der Waals surface area contributed by atoms with Gasteiger partial charge in [0.1, 0.15) is 6.17 Å². The Morgan fingerprint density at radius 1 is 1.17 bits per heavy atom. The second-order valence-electron chi connectivity index (χ2n) is 13.1. The SMILES string of the molecule is CCc1cc(NC2=CC=CC=C3C2=C=CC=C3C2=CC(CC#N)CN=C2C(C)F)ccc1C(=O)N1CCC(=CC(=O)C2CC(N)C2)CC1. The third kappa shape index (κ3) is 7.04. The summed E-state index contributed by atoms with van der Waals surface area (Å²) in [7, 11) is 0. The fraction of sp³-hybridized carbons (Fsp3) is 0.375. The fourth-order valence-corrected chi connectivity index (χ4v) is 6.97. The Labute approximate surface area is 282 Å². The molecule has 0 spiro atoms. The molecule has 2 heterocycles. The zero-order chi connectivity index (χ0) is 33.8. The van der Waals surface area contributed by atoms with Gasteiger partial charge in [0.2, 0.25) is 0 Å². The van der Waals surface area contributed by atoms with Crippen LogP contribution in [0.2, 0.25) is 0 Å². The minimum atomic E-state index is -1.24. The minimum Gasteiger partial charge on any atom is -0.354 e. The highest BCUT2D eigenvalue weighted by Crippen LogP contribution is 2.37. The Balaban J connectivity index is 1.16. The summed E-state index contributed by atoms with van der Waals surface area (Å²) in [5.74, 6) is 0.186. The molecule has 0 aromatic heterocycles. The van der Waals surface area contributed by atoms with Crippen molar-refractivity contribution in [1.29, 1.82) is 5.26 Å². The van der Waals surface area contributed by atoms with E-state index in [9.17, 15) is 19.2 Å². The number of halogens is 1. The van der Waals surface area contributed by atoms with E-state index in [0.29, 0.717) is 56.6 Å². The first-order chi connectivity index (χ1) is 23.2. The highest BCUT2D eigenvalue weighted by molar-refractivity contribution is 6.09. The van der Waals surface area contributed by atoms with Gasteiger partial charge < -0.3 is 16.0 Å². The molecule has 6 rings (SSSR count). The topological polar surface area (TPSA) is 112 Å². The number of hydrogen-bond donors (Lipinski definition) is 2. The monoisotopic (exact) mass is 643 g/mol. The smallest absolute Gasteiger partial charge is 0.254 e. The van der Waals surface area contributed by atoms with Crippen molar-refractivity contribution in [2.75, 3.05) is 25.0 Å². The van der Waals surface area contributed by atoms with Crippen LogP contribution >= 0.6 is 0 Å². The third-order valence-corrected chi connectivity index (χ3v) is 9.75. The van der Waals surface area contributed by atoms with Gasteiger partial charge in [0.05, 0.1) is 17.5 Å². The van der Waals surface area contributed by atoms with E-state index in [1.54, 1.807) is 6.08 Å². The molecule has 2 aliphatic heterocycles. The van der Waals surface area contributed by atoms with Crippen LogP contribution in [0.1, 0.15) is 61.9 Å². The number of nitriles is 1. The largest absolute Gasteiger partial charge is 0.354 e. The highest BCUT2D eigenvalue weighted by Gasteiger charge is 2.32. The van der Waals surface area contributed by atoms with Crippen LogP contribution in [0.4, 0.5) is 10.1 Å². The van der Waals surface area contributed by atoms with Gasteiger partial charge in [-0.05, 0) is 98.2 Å². The number of aliphatic imine (C=N–C) groups is 1. The van der Waals surface area contributed by atoms with Crippen LogP contribution in [0.15, 0.2) is 111 Å². The first-order valence-corrected chi connectivity index (χ1v) is 17.0. The average molecular weight is 644 g/mol. The molecular weight excluding hydrogens is 601 g/mol. The van der Waals surface area contributed by atoms with Crippen LogP contribution in [0.25, 0.3) is 0 Å². The number of rotatable bonds is 9. The standard InChI is InChI=1S/C40H42FN5O2/c1-3-28-23-31(11-12-32(28)40(48)46-17-14-26(15-18-46)20-38(47)29-21-30(43)22-29)45-37-10-5-4-7-33-34(8-6-9-35(33)37)36-19-27(13-16-42)24-44-39(36)25(2)41/h4-8,10-12,19-20,23,25,27,29-30,45H,3,13-15,17-18,21-22,24,43H2,1-2H3. The zero-order valence-electron chi connectivity index (χ0n) is 27.6. The average Bonchev–Trinajstić information content (AvgIpc) is 3.29. The number of aryl methyl sites for hydroxylation is 1. The van der Waals surface area contributed by atoms with E-state index in [2.05, 4.69) is 22.1 Å². The summed E-state index contributed by atoms with van der Waals surface area (Å²) in [5.41, 5.74) is 17.4. The van der Waals surface area contributed by atoms with Gasteiger partial charge in [-0.2, -0.15) is 5.26 Å². The summed E-state index contributed by atoms with van der Waals surface area (Å²) >= 11 is 0. The predicted molar refractivity (Wildman–Crippen MR) is 188 cm³/mol. The van der Waals surface area contributed by atoms with E-state index in [4.69, 9.17) is 5.73 Å². The number of fused-ring (bicyclic) bond motifs is 1. The summed E-state index contributed by atoms with van der Waals surface area (Å²) in [4.78, 5) is 32.6. The summed E-state index contributed by atoms with van der Waals surface area (Å²) in [6.45, 7) is 5.14. The third-order valence-electron chi connectivity index (χ3n) is 9.75.